The zero-order chi connectivity index (χ0) is 10.4. The Hall–Kier alpha value is -1.26. The van der Waals surface area contributed by atoms with Gasteiger partial charge in [0, 0.05) is 12.0 Å². The Kier molecular flexibility index (Phi) is 4.22. The molecule has 0 heterocycles. The minimum Gasteiger partial charge on any atom is -0.300 e. The van der Waals surface area contributed by atoms with Gasteiger partial charge < -0.3 is 0 Å². The lowest BCUT2D eigenvalue weighted by Gasteiger charge is -1.97. The summed E-state index contributed by atoms with van der Waals surface area (Å²) in [5.74, 6) is 6.18. The maximum Gasteiger partial charge on any atom is 0.134 e. The molecule has 0 spiro atoms. The van der Waals surface area contributed by atoms with E-state index in [0.29, 0.717) is 12.3 Å². The second-order valence-electron chi connectivity index (χ2n) is 3.01. The summed E-state index contributed by atoms with van der Waals surface area (Å²) in [4.78, 5) is 10.9. The highest BCUT2D eigenvalue weighted by molar-refractivity contribution is 6.19. The number of carbonyl (C=O) groups excluding carboxylic acids is 1. The molecule has 0 amide bonds. The predicted octanol–water partition coefficient (Wildman–Crippen LogP) is 2.41. The van der Waals surface area contributed by atoms with Crippen molar-refractivity contribution in [1.29, 1.82) is 0 Å². The summed E-state index contributed by atoms with van der Waals surface area (Å²) < 4.78 is 0. The van der Waals surface area contributed by atoms with Gasteiger partial charge in [-0.2, -0.15) is 0 Å². The molecule has 1 rings (SSSR count). The van der Waals surface area contributed by atoms with Crippen LogP contribution in [0.5, 0.6) is 0 Å². The molecule has 1 nitrogen and oxygen atoms in total. The van der Waals surface area contributed by atoms with Crippen molar-refractivity contribution in [3.8, 4) is 11.8 Å². The number of Topliss-reactive ketones (excluding diaryl/α,β-unsaturated/α-hetero) is 1. The smallest absolute Gasteiger partial charge is 0.134 e. The van der Waals surface area contributed by atoms with E-state index in [1.165, 1.54) is 0 Å². The van der Waals surface area contributed by atoms with Crippen molar-refractivity contribution in [2.24, 2.45) is 0 Å². The zero-order valence-electron chi connectivity index (χ0n) is 8.01. The second kappa shape index (κ2) is 5.47. The van der Waals surface area contributed by atoms with Crippen LogP contribution in [0.25, 0.3) is 0 Å². The third kappa shape index (κ3) is 3.64. The van der Waals surface area contributed by atoms with Gasteiger partial charge in [0.2, 0.25) is 0 Å². The zero-order valence-corrected chi connectivity index (χ0v) is 8.77. The van der Waals surface area contributed by atoms with Gasteiger partial charge in [0.15, 0.2) is 0 Å². The van der Waals surface area contributed by atoms with Crippen LogP contribution in [0.3, 0.4) is 0 Å². The monoisotopic (exact) mass is 206 g/mol. The van der Waals surface area contributed by atoms with Crippen molar-refractivity contribution in [2.45, 2.75) is 13.3 Å². The first kappa shape index (κ1) is 10.8. The van der Waals surface area contributed by atoms with Crippen molar-refractivity contribution < 1.29 is 4.79 Å². The summed E-state index contributed by atoms with van der Waals surface area (Å²) in [6, 6.07) is 7.65. The molecule has 0 aromatic heterocycles. The summed E-state index contributed by atoms with van der Waals surface area (Å²) in [7, 11) is 0. The van der Waals surface area contributed by atoms with Crippen LogP contribution in [0.1, 0.15) is 18.1 Å². The fourth-order valence-electron chi connectivity index (χ4n) is 1.18. The molecule has 0 radical (unpaired) electrons. The van der Waals surface area contributed by atoms with Crippen LogP contribution >= 0.6 is 11.6 Å². The molecular formula is C12H11ClO. The van der Waals surface area contributed by atoms with Crippen LogP contribution in [0.15, 0.2) is 24.3 Å². The Balaban J connectivity index is 2.84. The average molecular weight is 207 g/mol. The minimum absolute atomic E-state index is 0.160. The van der Waals surface area contributed by atoms with Gasteiger partial charge in [0.1, 0.15) is 5.78 Å². The summed E-state index contributed by atoms with van der Waals surface area (Å²) in [5, 5.41) is 0. The van der Waals surface area contributed by atoms with Crippen molar-refractivity contribution in [2.75, 3.05) is 5.88 Å². The highest BCUT2D eigenvalue weighted by Crippen LogP contribution is 2.05. The largest absolute Gasteiger partial charge is 0.300 e. The Labute approximate surface area is 89.1 Å². The molecule has 0 bridgehead atoms. The number of benzene rings is 1. The van der Waals surface area contributed by atoms with Crippen LogP contribution in [-0.4, -0.2) is 11.7 Å². The van der Waals surface area contributed by atoms with Gasteiger partial charge in [0.25, 0.3) is 0 Å². The molecule has 2 heteroatoms. The molecule has 72 valence electrons. The fraction of sp³-hybridized carbons (Fsp3) is 0.250. The fourth-order valence-corrected chi connectivity index (χ4v) is 1.25. The van der Waals surface area contributed by atoms with Gasteiger partial charge in [-0.25, -0.2) is 0 Å². The van der Waals surface area contributed by atoms with Gasteiger partial charge in [-0.1, -0.05) is 24.0 Å². The normalized spacial score (nSPS) is 9.00. The topological polar surface area (TPSA) is 17.1 Å². The molecule has 0 aliphatic heterocycles. The van der Waals surface area contributed by atoms with Crippen molar-refractivity contribution in [3.05, 3.63) is 35.4 Å². The molecule has 1 aromatic rings. The summed E-state index contributed by atoms with van der Waals surface area (Å²) in [5.41, 5.74) is 1.91. The van der Waals surface area contributed by atoms with E-state index in [2.05, 4.69) is 11.8 Å². The van der Waals surface area contributed by atoms with Gasteiger partial charge in [0.05, 0.1) is 5.88 Å². The maximum atomic E-state index is 10.9. The van der Waals surface area contributed by atoms with Crippen LogP contribution in [0, 0.1) is 11.8 Å². The number of hydrogen-bond acceptors (Lipinski definition) is 1. The van der Waals surface area contributed by atoms with Gasteiger partial charge in [-0.15, -0.1) is 11.6 Å². The second-order valence-corrected chi connectivity index (χ2v) is 3.28. The predicted molar refractivity (Wildman–Crippen MR) is 58.4 cm³/mol. The van der Waals surface area contributed by atoms with Crippen molar-refractivity contribution in [1.82, 2.24) is 0 Å². The number of carbonyl (C=O) groups is 1. The molecule has 0 saturated carbocycles. The first-order valence-corrected chi connectivity index (χ1v) is 4.89. The molecule has 1 aromatic carbocycles. The first-order chi connectivity index (χ1) is 6.72. The van der Waals surface area contributed by atoms with E-state index < -0.39 is 0 Å². The lowest BCUT2D eigenvalue weighted by Crippen LogP contribution is -1.96. The molecule has 0 aliphatic carbocycles. The number of hydrogen-bond donors (Lipinski definition) is 0. The van der Waals surface area contributed by atoms with Gasteiger partial charge in [-0.05, 0) is 24.6 Å². The Morgan fingerprint density at radius 3 is 2.93 bits per heavy atom. The molecule has 0 fully saturated rings. The lowest BCUT2D eigenvalue weighted by molar-refractivity contribution is -0.116. The molecule has 0 aliphatic rings. The quantitative estimate of drug-likeness (QED) is 0.537. The number of rotatable bonds is 2. The first-order valence-electron chi connectivity index (χ1n) is 4.35. The third-order valence-electron chi connectivity index (χ3n) is 1.68. The average Bonchev–Trinajstić information content (AvgIpc) is 2.14. The SMILES string of the molecule is CC(=O)Cc1cccc(C#CCCl)c1. The van der Waals surface area contributed by atoms with Gasteiger partial charge >= 0.3 is 0 Å². The third-order valence-corrected chi connectivity index (χ3v) is 1.81. The number of ketones is 1. The van der Waals surface area contributed by atoms with Crippen molar-refractivity contribution in [3.63, 3.8) is 0 Å². The Bertz CT molecular complexity index is 385. The van der Waals surface area contributed by atoms with Gasteiger partial charge in [-0.3, -0.25) is 4.79 Å². The highest BCUT2D eigenvalue weighted by Gasteiger charge is 1.97. The molecule has 0 atom stereocenters. The van der Waals surface area contributed by atoms with Crippen LogP contribution < -0.4 is 0 Å². The van der Waals surface area contributed by atoms with E-state index in [0.717, 1.165) is 11.1 Å². The van der Waals surface area contributed by atoms with Crippen molar-refractivity contribution >= 4 is 17.4 Å². The van der Waals surface area contributed by atoms with E-state index >= 15 is 0 Å². The summed E-state index contributed by atoms with van der Waals surface area (Å²) >= 11 is 5.45. The van der Waals surface area contributed by atoms with E-state index in [1.807, 2.05) is 24.3 Å². The molecule has 0 saturated heterocycles. The van der Waals surface area contributed by atoms with E-state index in [4.69, 9.17) is 11.6 Å². The van der Waals surface area contributed by atoms with Crippen LogP contribution in [0.2, 0.25) is 0 Å². The minimum atomic E-state index is 0.160. The standard InChI is InChI=1S/C12H11ClO/c1-10(14)8-12-5-2-4-11(9-12)6-3-7-13/h2,4-5,9H,7-8H2,1H3. The number of alkyl halides is 1. The lowest BCUT2D eigenvalue weighted by atomic mass is 10.1. The molecule has 14 heavy (non-hydrogen) atoms. The maximum absolute atomic E-state index is 10.9. The highest BCUT2D eigenvalue weighted by atomic mass is 35.5. The number of halogens is 1. The molecule has 0 N–H and O–H groups in total. The van der Waals surface area contributed by atoms with Crippen LogP contribution in [-0.2, 0) is 11.2 Å². The Morgan fingerprint density at radius 1 is 1.50 bits per heavy atom. The molecule has 0 unspecified atom stereocenters. The summed E-state index contributed by atoms with van der Waals surface area (Å²) in [6.07, 6.45) is 0.469. The van der Waals surface area contributed by atoms with E-state index in [-0.39, 0.29) is 5.78 Å². The van der Waals surface area contributed by atoms with E-state index in [1.54, 1.807) is 6.92 Å². The Morgan fingerprint density at radius 2 is 2.29 bits per heavy atom. The molecular weight excluding hydrogens is 196 g/mol. The van der Waals surface area contributed by atoms with Crippen LogP contribution in [0.4, 0.5) is 0 Å². The van der Waals surface area contributed by atoms with E-state index in [9.17, 15) is 4.79 Å². The summed E-state index contributed by atoms with van der Waals surface area (Å²) in [6.45, 7) is 1.58.